The van der Waals surface area contributed by atoms with Crippen LogP contribution in [-0.4, -0.2) is 125 Å². The molecular formula is C52H61F3N8O7S2. The summed E-state index contributed by atoms with van der Waals surface area (Å²) in [5.41, 5.74) is 2.78. The Bertz CT molecular complexity index is 2660. The van der Waals surface area contributed by atoms with Gasteiger partial charge in [0.05, 0.1) is 64.9 Å². The summed E-state index contributed by atoms with van der Waals surface area (Å²) in [5, 5.41) is 25.6. The zero-order valence-electron chi connectivity index (χ0n) is 41.3. The Morgan fingerprint density at radius 2 is 1.65 bits per heavy atom. The number of halogens is 3. The van der Waals surface area contributed by atoms with Gasteiger partial charge >= 0.3 is 6.18 Å². The third-order valence-corrected chi connectivity index (χ3v) is 14.8. The van der Waals surface area contributed by atoms with Gasteiger partial charge in [0.2, 0.25) is 17.7 Å². The predicted octanol–water partition coefficient (Wildman–Crippen LogP) is 6.95. The topological polar surface area (TPSA) is 181 Å². The fourth-order valence-corrected chi connectivity index (χ4v) is 10.7. The number of aliphatic hydroxyl groups excluding tert-OH is 1. The SMILES string of the molecule is Cc1ncsc1-c1ccc(CNC(=O)[C@@H]2C[C@@H](O)CN2C(=O)[C@@H](NC(=O)COCCOCCN2CCC(c3ccc(N4C(=S)N(c5ccc(C#N)c(C(F)(F)F)c5)C(=O)C4(C)C)cc3)CC2)C(C)(C)C)cc1. The lowest BCUT2D eigenvalue weighted by Crippen LogP contribution is -2.58. The van der Waals surface area contributed by atoms with Crippen molar-refractivity contribution in [2.75, 3.05) is 62.4 Å². The van der Waals surface area contributed by atoms with Crippen molar-refractivity contribution in [3.8, 4) is 16.5 Å². The Labute approximate surface area is 427 Å². The summed E-state index contributed by atoms with van der Waals surface area (Å²) in [6.07, 6.45) is -3.78. The van der Waals surface area contributed by atoms with E-state index in [9.17, 15) is 42.7 Å². The first-order chi connectivity index (χ1) is 34.1. The summed E-state index contributed by atoms with van der Waals surface area (Å²) < 4.78 is 52.8. The first kappa shape index (κ1) is 54.0. The molecule has 3 N–H and O–H groups in total. The second kappa shape index (κ2) is 22.5. The number of carbonyl (C=O) groups excluding carboxylic acids is 4. The molecular weight excluding hydrogens is 970 g/mol. The normalized spacial score (nSPS) is 19.2. The van der Waals surface area contributed by atoms with Crippen molar-refractivity contribution >= 4 is 63.7 Å². The van der Waals surface area contributed by atoms with Crippen molar-refractivity contribution in [1.29, 1.82) is 5.26 Å². The van der Waals surface area contributed by atoms with Crippen molar-refractivity contribution < 1.29 is 46.9 Å². The van der Waals surface area contributed by atoms with Crippen molar-refractivity contribution in [2.45, 2.75) is 103 Å². The van der Waals surface area contributed by atoms with Gasteiger partial charge in [0.15, 0.2) is 5.11 Å². The number of aromatic nitrogens is 1. The molecule has 3 saturated heterocycles. The van der Waals surface area contributed by atoms with Crippen LogP contribution >= 0.6 is 23.6 Å². The highest BCUT2D eigenvalue weighted by Gasteiger charge is 2.51. The van der Waals surface area contributed by atoms with Crippen molar-refractivity contribution in [3.63, 3.8) is 0 Å². The Morgan fingerprint density at radius 3 is 2.28 bits per heavy atom. The molecule has 15 nitrogen and oxygen atoms in total. The van der Waals surface area contributed by atoms with E-state index in [1.165, 1.54) is 11.0 Å². The maximum Gasteiger partial charge on any atom is 0.417 e. The Kier molecular flexibility index (Phi) is 16.9. The maximum atomic E-state index is 14.0. The van der Waals surface area contributed by atoms with Gasteiger partial charge in [-0.2, -0.15) is 18.4 Å². The highest BCUT2D eigenvalue weighted by atomic mass is 32.1. The van der Waals surface area contributed by atoms with Gasteiger partial charge in [-0.25, -0.2) is 4.98 Å². The average molecular weight is 1030 g/mol. The molecule has 4 amide bonds. The third-order valence-electron chi connectivity index (χ3n) is 13.4. The number of alkyl halides is 3. The summed E-state index contributed by atoms with van der Waals surface area (Å²) in [4.78, 5) is 66.0. The number of piperidine rings is 1. The lowest BCUT2D eigenvalue weighted by atomic mass is 9.85. The van der Waals surface area contributed by atoms with E-state index >= 15 is 0 Å². The molecule has 72 heavy (non-hydrogen) atoms. The Balaban J connectivity index is 0.809. The summed E-state index contributed by atoms with van der Waals surface area (Å²) in [5.74, 6) is -1.53. The van der Waals surface area contributed by atoms with Crippen molar-refractivity contribution in [2.24, 2.45) is 5.41 Å². The highest BCUT2D eigenvalue weighted by Crippen LogP contribution is 2.40. The molecule has 0 radical (unpaired) electrons. The van der Waals surface area contributed by atoms with Gasteiger partial charge in [0.1, 0.15) is 24.2 Å². The van der Waals surface area contributed by atoms with Gasteiger partial charge < -0.3 is 39.9 Å². The summed E-state index contributed by atoms with van der Waals surface area (Å²) >= 11 is 7.26. The molecule has 4 heterocycles. The number of aryl methyl sites for hydroxylation is 1. The number of thiazole rings is 1. The monoisotopic (exact) mass is 1030 g/mol. The van der Waals surface area contributed by atoms with Crippen LogP contribution in [0.1, 0.15) is 87.7 Å². The van der Waals surface area contributed by atoms with Crippen LogP contribution in [0.4, 0.5) is 24.5 Å². The molecule has 20 heteroatoms. The first-order valence-corrected chi connectivity index (χ1v) is 25.2. The van der Waals surface area contributed by atoms with E-state index in [-0.39, 0.29) is 56.0 Å². The number of likely N-dealkylation sites (tertiary alicyclic amines) is 2. The number of carbonyl (C=O) groups is 4. The minimum Gasteiger partial charge on any atom is -0.391 e. The number of rotatable bonds is 17. The zero-order chi connectivity index (χ0) is 52.1. The van der Waals surface area contributed by atoms with E-state index in [0.29, 0.717) is 24.8 Å². The minimum absolute atomic E-state index is 0.0325. The van der Waals surface area contributed by atoms with Crippen molar-refractivity contribution in [1.82, 2.24) is 25.4 Å². The lowest BCUT2D eigenvalue weighted by Gasteiger charge is -2.35. The number of hydrogen-bond acceptors (Lipinski definition) is 12. The van der Waals surface area contributed by atoms with Gasteiger partial charge in [-0.15, -0.1) is 11.3 Å². The molecule has 0 spiro atoms. The number of thiocarbonyl (C=S) groups is 1. The number of amides is 4. The molecule has 1 aromatic heterocycles. The number of aliphatic hydroxyl groups is 1. The van der Waals surface area contributed by atoms with Crippen LogP contribution in [0.5, 0.6) is 0 Å². The van der Waals surface area contributed by atoms with Crippen LogP contribution in [0.15, 0.2) is 72.2 Å². The van der Waals surface area contributed by atoms with Gasteiger partial charge in [0.25, 0.3) is 5.91 Å². The van der Waals surface area contributed by atoms with E-state index in [0.717, 1.165) is 70.2 Å². The molecule has 384 valence electrons. The van der Waals surface area contributed by atoms with Gasteiger partial charge in [-0.3, -0.25) is 24.1 Å². The molecule has 7 rings (SSSR count). The molecule has 3 atom stereocenters. The van der Waals surface area contributed by atoms with Crippen LogP contribution in [0.3, 0.4) is 0 Å². The smallest absolute Gasteiger partial charge is 0.391 e. The van der Waals surface area contributed by atoms with E-state index < -0.39 is 64.2 Å². The Hall–Kier alpha value is -5.82. The number of nitriles is 1. The molecule has 4 aromatic rings. The number of ether oxygens (including phenoxy) is 2. The fraction of sp³-hybridized carbons (Fsp3) is 0.481. The zero-order valence-corrected chi connectivity index (χ0v) is 42.9. The number of hydrogen-bond donors (Lipinski definition) is 3. The second-order valence-corrected chi connectivity index (χ2v) is 21.2. The molecule has 0 aliphatic carbocycles. The first-order valence-electron chi connectivity index (χ1n) is 23.9. The van der Waals surface area contributed by atoms with E-state index in [1.807, 2.05) is 76.2 Å². The van der Waals surface area contributed by atoms with E-state index in [1.54, 1.807) is 41.7 Å². The van der Waals surface area contributed by atoms with Crippen LogP contribution in [-0.2, 0) is 41.4 Å². The Morgan fingerprint density at radius 1 is 0.986 bits per heavy atom. The van der Waals surface area contributed by atoms with Gasteiger partial charge in [0, 0.05) is 31.7 Å². The fourth-order valence-electron chi connectivity index (χ4n) is 9.41. The van der Waals surface area contributed by atoms with Gasteiger partial charge in [-0.1, -0.05) is 57.2 Å². The number of anilines is 2. The predicted molar refractivity (Wildman–Crippen MR) is 271 cm³/mol. The van der Waals surface area contributed by atoms with E-state index in [4.69, 9.17) is 21.7 Å². The molecule has 0 unspecified atom stereocenters. The molecule has 3 fully saturated rings. The number of nitrogens with one attached hydrogen (secondary N) is 2. The summed E-state index contributed by atoms with van der Waals surface area (Å²) in [6, 6.07) is 18.4. The summed E-state index contributed by atoms with van der Waals surface area (Å²) in [7, 11) is 0. The summed E-state index contributed by atoms with van der Waals surface area (Å²) in [6.45, 7) is 14.0. The molecule has 3 aliphatic heterocycles. The third kappa shape index (κ3) is 12.3. The number of β-amino-alcohol motifs (C(OH)–C–C–N with tert-alkyl or cyclic N) is 1. The van der Waals surface area contributed by atoms with Gasteiger partial charge in [-0.05, 0) is 117 Å². The lowest BCUT2D eigenvalue weighted by molar-refractivity contribution is -0.144. The standard InChI is InChI=1S/C52H61F3N8O7S2/c1-32-44(72-31-58-32)36-9-7-33(8-10-36)28-57-46(66)42-26-40(64)29-61(42)47(67)45(50(2,3)4)59-43(65)30-70-24-23-69-22-21-60-19-17-35(18-20-60)34-11-14-38(15-12-34)63-49(71)62(48(68)51(63,5)6)39-16-13-37(27-56)41(25-39)52(53,54)55/h7-16,25,31,35,40,42,45,64H,17-24,26,28-30H2,1-6H3,(H,57,66)(H,59,65)/t40-,42+,45-/m1/s1. The molecule has 3 aliphatic rings. The van der Waals surface area contributed by atoms with Crippen molar-refractivity contribution in [3.05, 3.63) is 100 Å². The van der Waals surface area contributed by atoms with Crippen LogP contribution in [0, 0.1) is 23.7 Å². The number of benzene rings is 3. The number of nitrogens with zero attached hydrogens (tertiary/aromatic N) is 6. The molecule has 0 saturated carbocycles. The van der Waals surface area contributed by atoms with Crippen LogP contribution < -0.4 is 20.4 Å². The van der Waals surface area contributed by atoms with Crippen LogP contribution in [0.2, 0.25) is 0 Å². The molecule has 0 bridgehead atoms. The largest absolute Gasteiger partial charge is 0.417 e. The quantitative estimate of drug-likeness (QED) is 0.0734. The van der Waals surface area contributed by atoms with E-state index in [2.05, 4.69) is 20.5 Å². The maximum absolute atomic E-state index is 14.0. The second-order valence-electron chi connectivity index (χ2n) is 20.0. The molecule has 3 aromatic carbocycles. The minimum atomic E-state index is -4.79. The highest BCUT2D eigenvalue weighted by molar-refractivity contribution is 7.81. The average Bonchev–Trinajstić information content (AvgIpc) is 4.01. The van der Waals surface area contributed by atoms with Crippen LogP contribution in [0.25, 0.3) is 10.4 Å².